The Hall–Kier alpha value is -2.48. The van der Waals surface area contributed by atoms with Crippen molar-refractivity contribution in [3.05, 3.63) is 64.1 Å². The number of sulfonamides is 2. The Kier molecular flexibility index (Phi) is 7.22. The van der Waals surface area contributed by atoms with Crippen molar-refractivity contribution in [3.8, 4) is 0 Å². The molecule has 32 heavy (non-hydrogen) atoms. The minimum Gasteiger partial charge on any atom is -0.325 e. The van der Waals surface area contributed by atoms with Crippen LogP contribution in [-0.4, -0.2) is 40.5 Å². The Balaban J connectivity index is 1.72. The van der Waals surface area contributed by atoms with Crippen LogP contribution in [0.2, 0.25) is 0 Å². The van der Waals surface area contributed by atoms with Gasteiger partial charge in [0.15, 0.2) is 5.13 Å². The van der Waals surface area contributed by atoms with Crippen molar-refractivity contribution in [1.82, 2.24) is 4.98 Å². The van der Waals surface area contributed by atoms with Gasteiger partial charge in [-0.15, -0.1) is 11.3 Å². The van der Waals surface area contributed by atoms with E-state index in [0.29, 0.717) is 11.4 Å². The zero-order chi connectivity index (χ0) is 23.5. The summed E-state index contributed by atoms with van der Waals surface area (Å²) in [5.41, 5.74) is 1.50. The number of carbonyl (C=O) groups is 1. The number of halogens is 1. The third-order valence-electron chi connectivity index (χ3n) is 4.22. The first kappa shape index (κ1) is 24.2. The smallest absolute Gasteiger partial charge is 0.263 e. The quantitative estimate of drug-likeness (QED) is 0.436. The fourth-order valence-electron chi connectivity index (χ4n) is 2.68. The minimum absolute atomic E-state index is 0.00574. The van der Waals surface area contributed by atoms with E-state index in [9.17, 15) is 21.6 Å². The molecular formula is C19H19BrN4O5S3. The third kappa shape index (κ3) is 6.06. The molecule has 0 aliphatic rings. The first-order valence-corrected chi connectivity index (χ1v) is 14.0. The van der Waals surface area contributed by atoms with Crippen LogP contribution >= 0.6 is 27.3 Å². The number of hydrogen-bond donors (Lipinski definition) is 2. The molecule has 9 nitrogen and oxygen atoms in total. The topological polar surface area (TPSA) is 126 Å². The van der Waals surface area contributed by atoms with E-state index < -0.39 is 32.5 Å². The molecule has 0 fully saturated rings. The molecule has 0 bridgehead atoms. The van der Waals surface area contributed by atoms with Gasteiger partial charge >= 0.3 is 0 Å². The summed E-state index contributed by atoms with van der Waals surface area (Å²) in [6.45, 7) is 1.37. The van der Waals surface area contributed by atoms with Crippen LogP contribution in [0.3, 0.4) is 0 Å². The molecule has 2 N–H and O–H groups in total. The van der Waals surface area contributed by atoms with Crippen LogP contribution in [0.4, 0.5) is 16.5 Å². The average Bonchev–Trinajstić information content (AvgIpc) is 3.20. The van der Waals surface area contributed by atoms with Gasteiger partial charge in [-0.05, 0) is 55.0 Å². The second-order valence-corrected chi connectivity index (χ2v) is 12.1. The summed E-state index contributed by atoms with van der Waals surface area (Å²) in [7, 11) is -7.54. The maximum absolute atomic E-state index is 12.5. The van der Waals surface area contributed by atoms with Crippen LogP contribution in [0.1, 0.15) is 5.56 Å². The van der Waals surface area contributed by atoms with Crippen molar-refractivity contribution in [2.24, 2.45) is 0 Å². The molecule has 170 valence electrons. The summed E-state index contributed by atoms with van der Waals surface area (Å²) >= 11 is 4.51. The lowest BCUT2D eigenvalue weighted by atomic mass is 10.2. The highest BCUT2D eigenvalue weighted by Crippen LogP contribution is 2.25. The van der Waals surface area contributed by atoms with E-state index in [0.717, 1.165) is 31.9 Å². The SMILES string of the molecule is Cc1cc(N(CC(=O)Nc2ccc(S(=O)(=O)Nc3nccs3)cc2)S(C)(=O)=O)ccc1Br. The maximum atomic E-state index is 12.5. The Morgan fingerprint density at radius 1 is 1.12 bits per heavy atom. The van der Waals surface area contributed by atoms with Crippen molar-refractivity contribution in [3.63, 3.8) is 0 Å². The number of carbonyl (C=O) groups excluding carboxylic acids is 1. The molecule has 1 heterocycles. The fraction of sp³-hybridized carbons (Fsp3) is 0.158. The fourth-order valence-corrected chi connectivity index (χ4v) is 5.56. The number of hydrogen-bond acceptors (Lipinski definition) is 7. The van der Waals surface area contributed by atoms with Crippen LogP contribution in [0.5, 0.6) is 0 Å². The molecule has 1 amide bonds. The van der Waals surface area contributed by atoms with Gasteiger partial charge in [-0.2, -0.15) is 0 Å². The van der Waals surface area contributed by atoms with Crippen LogP contribution < -0.4 is 14.3 Å². The molecule has 3 rings (SSSR count). The molecule has 3 aromatic rings. The summed E-state index contributed by atoms with van der Waals surface area (Å²) in [5.74, 6) is -0.576. The van der Waals surface area contributed by atoms with E-state index in [2.05, 4.69) is 31.0 Å². The van der Waals surface area contributed by atoms with Crippen molar-refractivity contribution in [2.45, 2.75) is 11.8 Å². The number of aryl methyl sites for hydroxylation is 1. The number of anilines is 3. The number of rotatable bonds is 8. The highest BCUT2D eigenvalue weighted by molar-refractivity contribution is 9.10. The Bertz CT molecular complexity index is 1330. The molecule has 0 saturated carbocycles. The third-order valence-corrected chi connectivity index (χ3v) is 8.42. The molecule has 2 aromatic carbocycles. The van der Waals surface area contributed by atoms with E-state index in [4.69, 9.17) is 0 Å². The zero-order valence-corrected chi connectivity index (χ0v) is 21.0. The van der Waals surface area contributed by atoms with Gasteiger partial charge in [0.05, 0.1) is 16.8 Å². The monoisotopic (exact) mass is 558 g/mol. The van der Waals surface area contributed by atoms with Gasteiger partial charge in [0.25, 0.3) is 10.0 Å². The number of nitrogens with one attached hydrogen (secondary N) is 2. The predicted octanol–water partition coefficient (Wildman–Crippen LogP) is 3.42. The first-order valence-electron chi connectivity index (χ1n) is 9.02. The Morgan fingerprint density at radius 3 is 2.38 bits per heavy atom. The van der Waals surface area contributed by atoms with E-state index >= 15 is 0 Å². The summed E-state index contributed by atoms with van der Waals surface area (Å²) in [5, 5.41) is 4.47. The van der Waals surface area contributed by atoms with Crippen molar-refractivity contribution < 1.29 is 21.6 Å². The molecule has 0 unspecified atom stereocenters. The molecule has 0 spiro atoms. The van der Waals surface area contributed by atoms with Gasteiger partial charge in [-0.3, -0.25) is 13.8 Å². The summed E-state index contributed by atoms with van der Waals surface area (Å²) < 4.78 is 53.5. The van der Waals surface area contributed by atoms with Gasteiger partial charge in [0.1, 0.15) is 6.54 Å². The van der Waals surface area contributed by atoms with Crippen molar-refractivity contribution in [2.75, 3.05) is 27.1 Å². The zero-order valence-electron chi connectivity index (χ0n) is 16.9. The summed E-state index contributed by atoms with van der Waals surface area (Å²) in [6, 6.07) is 10.5. The van der Waals surface area contributed by atoms with E-state index in [1.165, 1.54) is 30.5 Å². The second kappa shape index (κ2) is 9.57. The largest absolute Gasteiger partial charge is 0.325 e. The summed E-state index contributed by atoms with van der Waals surface area (Å²) in [4.78, 5) is 16.4. The number of amides is 1. The maximum Gasteiger partial charge on any atom is 0.263 e. The first-order chi connectivity index (χ1) is 15.0. The molecule has 0 aliphatic heterocycles. The lowest BCUT2D eigenvalue weighted by Gasteiger charge is -2.22. The van der Waals surface area contributed by atoms with Gasteiger partial charge in [-0.1, -0.05) is 15.9 Å². The molecule has 0 radical (unpaired) electrons. The van der Waals surface area contributed by atoms with Crippen LogP contribution in [0.15, 0.2) is 63.4 Å². The highest BCUT2D eigenvalue weighted by atomic mass is 79.9. The molecule has 0 atom stereocenters. The van der Waals surface area contributed by atoms with Gasteiger partial charge in [-0.25, -0.2) is 21.8 Å². The van der Waals surface area contributed by atoms with E-state index in [-0.39, 0.29) is 10.0 Å². The van der Waals surface area contributed by atoms with Crippen molar-refractivity contribution in [1.29, 1.82) is 0 Å². The lowest BCUT2D eigenvalue weighted by molar-refractivity contribution is -0.114. The number of aromatic nitrogens is 1. The molecular weight excluding hydrogens is 540 g/mol. The van der Waals surface area contributed by atoms with Crippen LogP contribution in [0.25, 0.3) is 0 Å². The molecule has 0 saturated heterocycles. The van der Waals surface area contributed by atoms with E-state index in [1.54, 1.807) is 23.6 Å². The summed E-state index contributed by atoms with van der Waals surface area (Å²) in [6.07, 6.45) is 2.50. The average molecular weight is 559 g/mol. The predicted molar refractivity (Wildman–Crippen MR) is 129 cm³/mol. The number of thiazole rings is 1. The van der Waals surface area contributed by atoms with Gasteiger partial charge in [0, 0.05) is 21.7 Å². The minimum atomic E-state index is -3.82. The molecule has 13 heteroatoms. The highest BCUT2D eigenvalue weighted by Gasteiger charge is 2.22. The normalized spacial score (nSPS) is 11.7. The van der Waals surface area contributed by atoms with Crippen LogP contribution in [-0.2, 0) is 24.8 Å². The van der Waals surface area contributed by atoms with Crippen molar-refractivity contribution >= 4 is 69.7 Å². The Morgan fingerprint density at radius 2 is 1.81 bits per heavy atom. The molecule has 0 aliphatic carbocycles. The molecule has 1 aromatic heterocycles. The lowest BCUT2D eigenvalue weighted by Crippen LogP contribution is -2.37. The van der Waals surface area contributed by atoms with Gasteiger partial charge < -0.3 is 5.32 Å². The Labute approximate surface area is 198 Å². The standard InChI is InChI=1S/C19H19BrN4O5S3/c1-13-11-15(5-8-17(13)20)24(31(2,26)27)12-18(25)22-14-3-6-16(7-4-14)32(28,29)23-19-21-9-10-30-19/h3-11H,12H2,1-2H3,(H,21,23)(H,22,25). The van der Waals surface area contributed by atoms with E-state index in [1.807, 2.05) is 6.92 Å². The second-order valence-electron chi connectivity index (χ2n) is 6.72. The van der Waals surface area contributed by atoms with Gasteiger partial charge in [0.2, 0.25) is 15.9 Å². The number of benzene rings is 2. The number of nitrogens with zero attached hydrogens (tertiary/aromatic N) is 2. The van der Waals surface area contributed by atoms with Crippen LogP contribution in [0, 0.1) is 6.92 Å².